The molecule has 3 nitrogen and oxygen atoms in total. The van der Waals surface area contributed by atoms with Crippen molar-refractivity contribution in [2.75, 3.05) is 13.2 Å². The van der Waals surface area contributed by atoms with Crippen LogP contribution in [0.15, 0.2) is 36.4 Å². The van der Waals surface area contributed by atoms with Gasteiger partial charge in [0.2, 0.25) is 0 Å². The zero-order valence-electron chi connectivity index (χ0n) is 11.9. The first kappa shape index (κ1) is 13.2. The Morgan fingerprint density at radius 1 is 1.50 bits per heavy atom. The Bertz CT molecular complexity index is 549. The van der Waals surface area contributed by atoms with Crippen molar-refractivity contribution in [1.82, 2.24) is 0 Å². The van der Waals surface area contributed by atoms with E-state index in [1.165, 1.54) is 5.57 Å². The quantitative estimate of drug-likeness (QED) is 0.624. The van der Waals surface area contributed by atoms with Crippen LogP contribution in [-0.2, 0) is 16.0 Å². The summed E-state index contributed by atoms with van der Waals surface area (Å²) in [5.41, 5.74) is 1.92. The van der Waals surface area contributed by atoms with E-state index in [1.54, 1.807) is 0 Å². The maximum Gasteiger partial charge on any atom is 0.313 e. The Labute approximate surface area is 119 Å². The van der Waals surface area contributed by atoms with Crippen molar-refractivity contribution in [2.24, 2.45) is 11.3 Å². The van der Waals surface area contributed by atoms with Gasteiger partial charge in [0.1, 0.15) is 5.75 Å². The van der Waals surface area contributed by atoms with Gasteiger partial charge in [-0.15, -0.1) is 0 Å². The second-order valence-electron chi connectivity index (χ2n) is 5.84. The van der Waals surface area contributed by atoms with Gasteiger partial charge in [0, 0.05) is 5.92 Å². The Morgan fingerprint density at radius 2 is 2.35 bits per heavy atom. The molecule has 1 heterocycles. The van der Waals surface area contributed by atoms with Crippen LogP contribution in [0.4, 0.5) is 0 Å². The Kier molecular flexibility index (Phi) is 3.28. The fourth-order valence-corrected chi connectivity index (χ4v) is 3.54. The number of benzene rings is 1. The Balaban J connectivity index is 1.87. The summed E-state index contributed by atoms with van der Waals surface area (Å²) in [6.07, 6.45) is 2.39. The average Bonchev–Trinajstić information content (AvgIpc) is 2.87. The minimum atomic E-state index is -0.387. The fraction of sp³-hybridized carbons (Fsp3) is 0.471. The Hall–Kier alpha value is -1.77. The van der Waals surface area contributed by atoms with E-state index in [0.717, 1.165) is 30.6 Å². The highest BCUT2D eigenvalue weighted by molar-refractivity contribution is 5.81. The van der Waals surface area contributed by atoms with Gasteiger partial charge in [0.25, 0.3) is 0 Å². The largest absolute Gasteiger partial charge is 0.494 e. The van der Waals surface area contributed by atoms with Crippen LogP contribution < -0.4 is 4.74 Å². The molecule has 1 saturated carbocycles. The van der Waals surface area contributed by atoms with Crippen molar-refractivity contribution in [2.45, 2.75) is 26.2 Å². The maximum absolute atomic E-state index is 12.2. The summed E-state index contributed by atoms with van der Waals surface area (Å²) in [5.74, 6) is 1.10. The first-order valence-electron chi connectivity index (χ1n) is 7.19. The van der Waals surface area contributed by atoms with E-state index in [4.69, 9.17) is 9.47 Å². The number of cyclic esters (lactones) is 1. The zero-order chi connectivity index (χ0) is 14.2. The SMILES string of the molecule is C=C1CC2COC(=O)C2(Cc2cccc(OCC)c2)C1. The second-order valence-corrected chi connectivity index (χ2v) is 5.84. The lowest BCUT2D eigenvalue weighted by molar-refractivity contribution is -0.146. The molecule has 1 aliphatic heterocycles. The van der Waals surface area contributed by atoms with Gasteiger partial charge in [-0.05, 0) is 43.9 Å². The first-order chi connectivity index (χ1) is 9.64. The van der Waals surface area contributed by atoms with Crippen LogP contribution in [0.3, 0.4) is 0 Å². The summed E-state index contributed by atoms with van der Waals surface area (Å²) in [6.45, 7) is 7.23. The summed E-state index contributed by atoms with van der Waals surface area (Å²) in [6, 6.07) is 8.02. The van der Waals surface area contributed by atoms with Crippen molar-refractivity contribution < 1.29 is 14.3 Å². The zero-order valence-corrected chi connectivity index (χ0v) is 11.9. The monoisotopic (exact) mass is 272 g/mol. The lowest BCUT2D eigenvalue weighted by Gasteiger charge is -2.24. The van der Waals surface area contributed by atoms with E-state index in [1.807, 2.05) is 25.1 Å². The van der Waals surface area contributed by atoms with E-state index >= 15 is 0 Å². The normalized spacial score (nSPS) is 28.4. The third kappa shape index (κ3) is 2.11. The van der Waals surface area contributed by atoms with E-state index in [9.17, 15) is 4.79 Å². The van der Waals surface area contributed by atoms with E-state index in [0.29, 0.717) is 19.1 Å². The third-order valence-electron chi connectivity index (χ3n) is 4.43. The van der Waals surface area contributed by atoms with Crippen LogP contribution in [-0.4, -0.2) is 19.2 Å². The summed E-state index contributed by atoms with van der Waals surface area (Å²) in [5, 5.41) is 0. The molecule has 2 aliphatic rings. The smallest absolute Gasteiger partial charge is 0.313 e. The minimum absolute atomic E-state index is 0.0528. The number of hydrogen-bond acceptors (Lipinski definition) is 3. The molecule has 2 atom stereocenters. The van der Waals surface area contributed by atoms with Gasteiger partial charge >= 0.3 is 5.97 Å². The molecule has 3 rings (SSSR count). The molecule has 0 aromatic heterocycles. The van der Waals surface area contributed by atoms with Gasteiger partial charge in [-0.1, -0.05) is 24.3 Å². The molecule has 0 amide bonds. The highest BCUT2D eigenvalue weighted by Gasteiger charge is 2.55. The number of fused-ring (bicyclic) bond motifs is 1. The van der Waals surface area contributed by atoms with Crippen LogP contribution in [0.5, 0.6) is 5.75 Å². The van der Waals surface area contributed by atoms with E-state index < -0.39 is 0 Å². The molecule has 2 unspecified atom stereocenters. The summed E-state index contributed by atoms with van der Waals surface area (Å²) in [4.78, 5) is 12.2. The van der Waals surface area contributed by atoms with Crippen LogP contribution in [0.25, 0.3) is 0 Å². The molecule has 0 N–H and O–H groups in total. The number of hydrogen-bond donors (Lipinski definition) is 0. The van der Waals surface area contributed by atoms with Gasteiger partial charge in [0.05, 0.1) is 18.6 Å². The lowest BCUT2D eigenvalue weighted by Crippen LogP contribution is -2.31. The van der Waals surface area contributed by atoms with Crippen molar-refractivity contribution in [3.05, 3.63) is 42.0 Å². The average molecular weight is 272 g/mol. The van der Waals surface area contributed by atoms with Crippen molar-refractivity contribution >= 4 is 5.97 Å². The molecule has 2 fully saturated rings. The molecular formula is C17H20O3. The molecule has 1 saturated heterocycles. The van der Waals surface area contributed by atoms with E-state index in [2.05, 4.69) is 12.6 Å². The van der Waals surface area contributed by atoms with Gasteiger partial charge in [0.15, 0.2) is 0 Å². The number of allylic oxidation sites excluding steroid dienone is 1. The molecule has 3 heteroatoms. The number of rotatable bonds is 4. The topological polar surface area (TPSA) is 35.5 Å². The standard InChI is InChI=1S/C17H20O3/c1-3-19-15-6-4-5-13(8-15)10-17-9-12(2)7-14(17)11-20-16(17)18/h4-6,8,14H,2-3,7,9-11H2,1H3. The van der Waals surface area contributed by atoms with Crippen molar-refractivity contribution in [3.8, 4) is 5.75 Å². The predicted octanol–water partition coefficient (Wildman–Crippen LogP) is 3.14. The molecule has 1 aromatic rings. The number of carbonyl (C=O) groups excluding carboxylic acids is 1. The number of ether oxygens (including phenoxy) is 2. The van der Waals surface area contributed by atoms with Gasteiger partial charge in [-0.25, -0.2) is 0 Å². The molecule has 20 heavy (non-hydrogen) atoms. The highest BCUT2D eigenvalue weighted by atomic mass is 16.5. The molecule has 106 valence electrons. The van der Waals surface area contributed by atoms with E-state index in [-0.39, 0.29) is 11.4 Å². The molecular weight excluding hydrogens is 252 g/mol. The minimum Gasteiger partial charge on any atom is -0.494 e. The van der Waals surface area contributed by atoms with Gasteiger partial charge in [-0.2, -0.15) is 0 Å². The van der Waals surface area contributed by atoms with Gasteiger partial charge < -0.3 is 9.47 Å². The second kappa shape index (κ2) is 4.97. The highest BCUT2D eigenvalue weighted by Crippen LogP contribution is 2.52. The van der Waals surface area contributed by atoms with Crippen LogP contribution >= 0.6 is 0 Å². The lowest BCUT2D eigenvalue weighted by atomic mass is 9.75. The van der Waals surface area contributed by atoms with Crippen molar-refractivity contribution in [3.63, 3.8) is 0 Å². The van der Waals surface area contributed by atoms with Crippen LogP contribution in [0.2, 0.25) is 0 Å². The van der Waals surface area contributed by atoms with Crippen LogP contribution in [0.1, 0.15) is 25.3 Å². The molecule has 0 bridgehead atoms. The Morgan fingerprint density at radius 3 is 3.15 bits per heavy atom. The molecule has 0 radical (unpaired) electrons. The first-order valence-corrected chi connectivity index (χ1v) is 7.19. The summed E-state index contributed by atoms with van der Waals surface area (Å²) < 4.78 is 10.8. The maximum atomic E-state index is 12.2. The summed E-state index contributed by atoms with van der Waals surface area (Å²) in [7, 11) is 0. The predicted molar refractivity (Wildman–Crippen MR) is 76.6 cm³/mol. The third-order valence-corrected chi connectivity index (χ3v) is 4.43. The molecule has 0 spiro atoms. The van der Waals surface area contributed by atoms with Gasteiger partial charge in [-0.3, -0.25) is 4.79 Å². The molecule has 1 aromatic carbocycles. The summed E-state index contributed by atoms with van der Waals surface area (Å²) >= 11 is 0. The molecule has 1 aliphatic carbocycles. The fourth-order valence-electron chi connectivity index (χ4n) is 3.54. The van der Waals surface area contributed by atoms with Crippen LogP contribution in [0, 0.1) is 11.3 Å². The number of esters is 1. The van der Waals surface area contributed by atoms with Crippen molar-refractivity contribution in [1.29, 1.82) is 0 Å². The number of carbonyl (C=O) groups is 1.